The minimum absolute atomic E-state index is 0.276. The Labute approximate surface area is 87.0 Å². The van der Waals surface area contributed by atoms with Gasteiger partial charge >= 0.3 is 5.97 Å². The topological polar surface area (TPSA) is 39.2 Å². The van der Waals surface area contributed by atoms with Gasteiger partial charge in [0, 0.05) is 0 Å². The Hall–Kier alpha value is -1.09. The van der Waals surface area contributed by atoms with Gasteiger partial charge in [0.25, 0.3) is 0 Å². The van der Waals surface area contributed by atoms with Crippen LogP contribution in [-0.4, -0.2) is 17.6 Å². The Kier molecular flexibility index (Phi) is 2.68. The van der Waals surface area contributed by atoms with Gasteiger partial charge in [-0.1, -0.05) is 17.7 Å². The molecule has 0 bridgehead atoms. The molecule has 0 saturated heterocycles. The molecule has 4 heteroatoms. The van der Waals surface area contributed by atoms with Gasteiger partial charge in [0.15, 0.2) is 0 Å². The van der Waals surface area contributed by atoms with Crippen LogP contribution in [0.25, 0.3) is 0 Å². The quantitative estimate of drug-likeness (QED) is 0.569. The zero-order valence-corrected chi connectivity index (χ0v) is 8.33. The van der Waals surface area contributed by atoms with Crippen molar-refractivity contribution < 1.29 is 9.53 Å². The Morgan fingerprint density at radius 2 is 2.36 bits per heavy atom. The molecule has 0 aliphatic heterocycles. The first-order valence-corrected chi connectivity index (χ1v) is 4.93. The molecule has 0 aromatic carbocycles. The summed E-state index contributed by atoms with van der Waals surface area (Å²) in [4.78, 5) is 15.2. The molecule has 1 aliphatic carbocycles. The summed E-state index contributed by atoms with van der Waals surface area (Å²) in [7, 11) is 0. The van der Waals surface area contributed by atoms with Crippen LogP contribution in [-0.2, 0) is 4.74 Å². The highest BCUT2D eigenvalue weighted by Crippen LogP contribution is 2.29. The van der Waals surface area contributed by atoms with Gasteiger partial charge in [-0.25, -0.2) is 9.78 Å². The molecular formula is C10H10ClNO2. The minimum Gasteiger partial charge on any atom is -0.461 e. The van der Waals surface area contributed by atoms with E-state index >= 15 is 0 Å². The maximum absolute atomic E-state index is 11.4. The van der Waals surface area contributed by atoms with E-state index in [0.29, 0.717) is 17.7 Å². The van der Waals surface area contributed by atoms with E-state index < -0.39 is 0 Å². The molecule has 0 spiro atoms. The molecule has 1 heterocycles. The summed E-state index contributed by atoms with van der Waals surface area (Å²) >= 11 is 5.65. The van der Waals surface area contributed by atoms with Crippen molar-refractivity contribution in [3.05, 3.63) is 29.0 Å². The van der Waals surface area contributed by atoms with Crippen molar-refractivity contribution >= 4 is 17.6 Å². The van der Waals surface area contributed by atoms with E-state index in [2.05, 4.69) is 4.98 Å². The van der Waals surface area contributed by atoms with Crippen molar-refractivity contribution in [3.8, 4) is 0 Å². The van der Waals surface area contributed by atoms with Gasteiger partial charge in [-0.2, -0.15) is 0 Å². The smallest absolute Gasteiger partial charge is 0.356 e. The lowest BCUT2D eigenvalue weighted by atomic mass is 10.3. The molecule has 1 aromatic rings. The van der Waals surface area contributed by atoms with Gasteiger partial charge in [0.1, 0.15) is 10.8 Å². The van der Waals surface area contributed by atoms with Crippen LogP contribution in [0.4, 0.5) is 0 Å². The van der Waals surface area contributed by atoms with Crippen LogP contribution in [0, 0.1) is 5.92 Å². The Bertz CT molecular complexity index is 350. The summed E-state index contributed by atoms with van der Waals surface area (Å²) in [6, 6.07) is 4.91. The maximum atomic E-state index is 11.4. The van der Waals surface area contributed by atoms with E-state index in [1.54, 1.807) is 18.2 Å². The lowest BCUT2D eigenvalue weighted by Gasteiger charge is -2.02. The van der Waals surface area contributed by atoms with Crippen LogP contribution in [0.2, 0.25) is 5.15 Å². The van der Waals surface area contributed by atoms with Crippen molar-refractivity contribution in [1.82, 2.24) is 4.98 Å². The molecule has 1 fully saturated rings. The molecule has 1 saturated carbocycles. The lowest BCUT2D eigenvalue weighted by molar-refractivity contribution is 0.0479. The summed E-state index contributed by atoms with van der Waals surface area (Å²) in [5.41, 5.74) is 0.276. The van der Waals surface area contributed by atoms with Crippen LogP contribution in [0.1, 0.15) is 23.3 Å². The normalized spacial score (nSPS) is 15.2. The third-order valence-corrected chi connectivity index (χ3v) is 2.28. The van der Waals surface area contributed by atoms with E-state index in [4.69, 9.17) is 16.3 Å². The molecule has 3 nitrogen and oxygen atoms in total. The summed E-state index contributed by atoms with van der Waals surface area (Å²) in [5, 5.41) is 0.311. The predicted molar refractivity (Wildman–Crippen MR) is 52.3 cm³/mol. The summed E-state index contributed by atoms with van der Waals surface area (Å²) in [6.07, 6.45) is 2.33. The molecule has 0 amide bonds. The molecule has 74 valence electrons. The van der Waals surface area contributed by atoms with Crippen molar-refractivity contribution in [1.29, 1.82) is 0 Å². The number of ether oxygens (including phenoxy) is 1. The highest BCUT2D eigenvalue weighted by molar-refractivity contribution is 6.29. The van der Waals surface area contributed by atoms with Crippen molar-refractivity contribution in [2.75, 3.05) is 6.61 Å². The number of esters is 1. The van der Waals surface area contributed by atoms with Gasteiger partial charge < -0.3 is 4.74 Å². The number of hydrogen-bond acceptors (Lipinski definition) is 3. The van der Waals surface area contributed by atoms with Crippen molar-refractivity contribution in [3.63, 3.8) is 0 Å². The van der Waals surface area contributed by atoms with Crippen LogP contribution in [0.15, 0.2) is 18.2 Å². The van der Waals surface area contributed by atoms with Gasteiger partial charge in [-0.05, 0) is 30.9 Å². The third-order valence-electron chi connectivity index (χ3n) is 2.07. The van der Waals surface area contributed by atoms with Gasteiger partial charge in [0.2, 0.25) is 0 Å². The monoisotopic (exact) mass is 211 g/mol. The number of nitrogens with zero attached hydrogens (tertiary/aromatic N) is 1. The summed E-state index contributed by atoms with van der Waals surface area (Å²) in [5.74, 6) is 0.178. The van der Waals surface area contributed by atoms with E-state index in [1.165, 1.54) is 0 Å². The standard InChI is InChI=1S/C10H10ClNO2/c11-9-3-1-2-8(12-9)10(13)14-6-7-4-5-7/h1-3,7H,4-6H2. The molecule has 0 N–H and O–H groups in total. The number of aromatic nitrogens is 1. The zero-order valence-electron chi connectivity index (χ0n) is 7.57. The molecule has 1 aliphatic rings. The second kappa shape index (κ2) is 3.96. The van der Waals surface area contributed by atoms with Crippen LogP contribution < -0.4 is 0 Å². The number of pyridine rings is 1. The fourth-order valence-electron chi connectivity index (χ4n) is 1.07. The number of hydrogen-bond donors (Lipinski definition) is 0. The second-order valence-corrected chi connectivity index (χ2v) is 3.77. The first-order valence-electron chi connectivity index (χ1n) is 4.55. The number of carbonyl (C=O) groups excluding carboxylic acids is 1. The largest absolute Gasteiger partial charge is 0.461 e. The lowest BCUT2D eigenvalue weighted by Crippen LogP contribution is -2.09. The minimum atomic E-state index is -0.389. The zero-order chi connectivity index (χ0) is 9.97. The molecule has 0 unspecified atom stereocenters. The van der Waals surface area contributed by atoms with Crippen LogP contribution >= 0.6 is 11.6 Å². The summed E-state index contributed by atoms with van der Waals surface area (Å²) in [6.45, 7) is 0.507. The van der Waals surface area contributed by atoms with Gasteiger partial charge in [-0.15, -0.1) is 0 Å². The fraction of sp³-hybridized carbons (Fsp3) is 0.400. The SMILES string of the molecule is O=C(OCC1CC1)c1cccc(Cl)n1. The first-order chi connectivity index (χ1) is 6.75. The van der Waals surface area contributed by atoms with Gasteiger partial charge in [-0.3, -0.25) is 0 Å². The average molecular weight is 212 g/mol. The van der Waals surface area contributed by atoms with E-state index in [0.717, 1.165) is 12.8 Å². The van der Waals surface area contributed by atoms with Gasteiger partial charge in [0.05, 0.1) is 6.61 Å². The molecular weight excluding hydrogens is 202 g/mol. The molecule has 1 aromatic heterocycles. The van der Waals surface area contributed by atoms with Crippen LogP contribution in [0.5, 0.6) is 0 Å². The maximum Gasteiger partial charge on any atom is 0.356 e. The Morgan fingerprint density at radius 1 is 1.57 bits per heavy atom. The number of carbonyl (C=O) groups is 1. The third kappa shape index (κ3) is 2.45. The molecule has 14 heavy (non-hydrogen) atoms. The number of halogens is 1. The highest BCUT2D eigenvalue weighted by Gasteiger charge is 2.23. The predicted octanol–water partition coefficient (Wildman–Crippen LogP) is 2.30. The van der Waals surface area contributed by atoms with E-state index in [-0.39, 0.29) is 11.7 Å². The van der Waals surface area contributed by atoms with Crippen molar-refractivity contribution in [2.24, 2.45) is 5.92 Å². The first kappa shape index (κ1) is 9.46. The van der Waals surface area contributed by atoms with Crippen molar-refractivity contribution in [2.45, 2.75) is 12.8 Å². The second-order valence-electron chi connectivity index (χ2n) is 3.39. The van der Waals surface area contributed by atoms with Crippen LogP contribution in [0.3, 0.4) is 0 Å². The molecule has 0 radical (unpaired) electrons. The average Bonchev–Trinajstić information content (AvgIpc) is 2.97. The Balaban J connectivity index is 1.95. The summed E-state index contributed by atoms with van der Waals surface area (Å²) < 4.78 is 5.05. The van der Waals surface area contributed by atoms with E-state index in [9.17, 15) is 4.79 Å². The Morgan fingerprint density at radius 3 is 3.00 bits per heavy atom. The molecule has 0 atom stereocenters. The number of rotatable bonds is 3. The van der Waals surface area contributed by atoms with E-state index in [1.807, 2.05) is 0 Å². The molecule has 2 rings (SSSR count). The fourth-order valence-corrected chi connectivity index (χ4v) is 1.24. The highest BCUT2D eigenvalue weighted by atomic mass is 35.5.